The fourth-order valence-electron chi connectivity index (χ4n) is 5.43. The molecular formula is C29H30N4O2S. The fraction of sp³-hybridized carbons (Fsp3) is 0.276. The molecule has 0 radical (unpaired) electrons. The molecule has 0 saturated heterocycles. The van der Waals surface area contributed by atoms with Crippen molar-refractivity contribution in [1.29, 1.82) is 0 Å². The van der Waals surface area contributed by atoms with Crippen molar-refractivity contribution in [2.24, 2.45) is 0 Å². The Kier molecular flexibility index (Phi) is 6.03. The monoisotopic (exact) mass is 498 g/mol. The van der Waals surface area contributed by atoms with E-state index in [1.165, 1.54) is 21.0 Å². The third-order valence-electron chi connectivity index (χ3n) is 7.29. The number of benzene rings is 2. The Hall–Kier alpha value is -3.55. The molecule has 184 valence electrons. The second-order valence-corrected chi connectivity index (χ2v) is 10.4. The first-order valence-electron chi connectivity index (χ1n) is 12.5. The number of nitrogens with one attached hydrogen (secondary N) is 1. The van der Waals surface area contributed by atoms with E-state index in [9.17, 15) is 4.79 Å². The van der Waals surface area contributed by atoms with Gasteiger partial charge in [0, 0.05) is 41.5 Å². The number of nitrogens with zero attached hydrogens (tertiary/aromatic N) is 3. The van der Waals surface area contributed by atoms with E-state index in [-0.39, 0.29) is 12.1 Å². The van der Waals surface area contributed by atoms with Gasteiger partial charge in [-0.25, -0.2) is 4.79 Å². The molecule has 6 rings (SSSR count). The number of rotatable bonds is 4. The molecular weight excluding hydrogens is 468 g/mol. The van der Waals surface area contributed by atoms with Crippen molar-refractivity contribution in [2.75, 3.05) is 25.5 Å². The maximum atomic E-state index is 14.0. The summed E-state index contributed by atoms with van der Waals surface area (Å²) in [4.78, 5) is 19.9. The number of thiophene rings is 1. The SMILES string of the molecule is CCN1CCc2c(sc3c2CN(C(=O)Nc2cccc(OC)c2)[C@H](c2ccccc2)c2cccn2-3)C1. The summed E-state index contributed by atoms with van der Waals surface area (Å²) in [6.07, 6.45) is 3.17. The summed E-state index contributed by atoms with van der Waals surface area (Å²) in [5.74, 6) is 0.715. The predicted octanol–water partition coefficient (Wildman–Crippen LogP) is 6.06. The minimum absolute atomic E-state index is 0.122. The summed E-state index contributed by atoms with van der Waals surface area (Å²) >= 11 is 1.88. The average Bonchev–Trinajstić information content (AvgIpc) is 3.50. The number of ether oxygens (including phenoxy) is 1. The zero-order chi connectivity index (χ0) is 24.6. The number of fused-ring (bicyclic) bond motifs is 5. The Labute approximate surface area is 215 Å². The molecule has 0 spiro atoms. The van der Waals surface area contributed by atoms with Gasteiger partial charge in [0.15, 0.2) is 0 Å². The average molecular weight is 499 g/mol. The van der Waals surface area contributed by atoms with E-state index in [4.69, 9.17) is 4.74 Å². The first kappa shape index (κ1) is 22.9. The number of aromatic nitrogens is 1. The highest BCUT2D eigenvalue weighted by Crippen LogP contribution is 2.43. The van der Waals surface area contributed by atoms with E-state index in [0.29, 0.717) is 12.3 Å². The minimum Gasteiger partial charge on any atom is -0.497 e. The highest BCUT2D eigenvalue weighted by atomic mass is 32.1. The number of carbonyl (C=O) groups excluding carboxylic acids is 1. The van der Waals surface area contributed by atoms with Gasteiger partial charge in [0.2, 0.25) is 0 Å². The molecule has 2 amide bonds. The summed E-state index contributed by atoms with van der Waals surface area (Å²) in [6, 6.07) is 21.8. The lowest BCUT2D eigenvalue weighted by atomic mass is 10.0. The van der Waals surface area contributed by atoms with Crippen LogP contribution < -0.4 is 10.1 Å². The summed E-state index contributed by atoms with van der Waals surface area (Å²) in [5, 5.41) is 4.39. The molecule has 0 unspecified atom stereocenters. The van der Waals surface area contributed by atoms with Gasteiger partial charge in [0.25, 0.3) is 0 Å². The van der Waals surface area contributed by atoms with E-state index < -0.39 is 0 Å². The van der Waals surface area contributed by atoms with Crippen molar-refractivity contribution in [3.05, 3.63) is 100 Å². The number of amides is 2. The van der Waals surface area contributed by atoms with E-state index >= 15 is 0 Å². The van der Waals surface area contributed by atoms with Crippen LogP contribution in [0.15, 0.2) is 72.9 Å². The largest absolute Gasteiger partial charge is 0.497 e. The third-order valence-corrected chi connectivity index (χ3v) is 8.55. The van der Waals surface area contributed by atoms with E-state index in [0.717, 1.165) is 43.0 Å². The van der Waals surface area contributed by atoms with E-state index in [2.05, 4.69) is 52.2 Å². The zero-order valence-corrected chi connectivity index (χ0v) is 21.4. The van der Waals surface area contributed by atoms with Crippen molar-refractivity contribution in [3.8, 4) is 10.8 Å². The molecule has 0 saturated carbocycles. The highest BCUT2D eigenvalue weighted by molar-refractivity contribution is 7.15. The molecule has 1 N–H and O–H groups in total. The van der Waals surface area contributed by atoms with Crippen molar-refractivity contribution >= 4 is 23.1 Å². The first-order chi connectivity index (χ1) is 17.7. The maximum Gasteiger partial charge on any atom is 0.322 e. The van der Waals surface area contributed by atoms with Gasteiger partial charge in [-0.15, -0.1) is 11.3 Å². The third kappa shape index (κ3) is 3.98. The van der Waals surface area contributed by atoms with Crippen LogP contribution in [0.3, 0.4) is 0 Å². The topological polar surface area (TPSA) is 49.7 Å². The fourth-order valence-corrected chi connectivity index (χ4v) is 6.83. The molecule has 2 aliphatic heterocycles. The number of hydrogen-bond donors (Lipinski definition) is 1. The van der Waals surface area contributed by atoms with E-state index in [1.807, 2.05) is 58.7 Å². The Morgan fingerprint density at radius 1 is 1.06 bits per heavy atom. The Morgan fingerprint density at radius 3 is 2.72 bits per heavy atom. The summed E-state index contributed by atoms with van der Waals surface area (Å²) in [5.41, 5.74) is 5.62. The van der Waals surface area contributed by atoms with Gasteiger partial charge in [0.05, 0.1) is 25.4 Å². The second kappa shape index (κ2) is 9.48. The number of urea groups is 1. The minimum atomic E-state index is -0.210. The van der Waals surface area contributed by atoms with Crippen LogP contribution in [-0.2, 0) is 19.5 Å². The van der Waals surface area contributed by atoms with Crippen LogP contribution in [0.4, 0.5) is 10.5 Å². The summed E-state index contributed by atoms with van der Waals surface area (Å²) in [6.45, 7) is 5.89. The standard InChI is InChI=1S/C29H30N4O2S/c1-3-31-16-14-23-24-18-33(29(34)30-21-11-7-12-22(17-21)35-2)27(20-9-5-4-6-10-20)25-13-8-15-32(25)28(24)36-26(23)19-31/h4-13,15,17,27H,3,14,16,18-19H2,1-2H3,(H,30,34)/t27-/m1/s1. The Morgan fingerprint density at radius 2 is 1.92 bits per heavy atom. The van der Waals surface area contributed by atoms with Gasteiger partial charge in [-0.05, 0) is 48.4 Å². The number of likely N-dealkylation sites (N-methyl/N-ethyl adjacent to an activating group) is 1. The van der Waals surface area contributed by atoms with Crippen LogP contribution in [0.1, 0.15) is 40.2 Å². The van der Waals surface area contributed by atoms with Gasteiger partial charge in [-0.1, -0.05) is 43.3 Å². The summed E-state index contributed by atoms with van der Waals surface area (Å²) < 4.78 is 7.68. The number of anilines is 1. The number of hydrogen-bond acceptors (Lipinski definition) is 4. The molecule has 1 atom stereocenters. The molecule has 4 heterocycles. The maximum absolute atomic E-state index is 14.0. The normalized spacial score (nSPS) is 17.1. The van der Waals surface area contributed by atoms with Crippen LogP contribution >= 0.6 is 11.3 Å². The van der Waals surface area contributed by atoms with Crippen LogP contribution in [-0.4, -0.2) is 40.6 Å². The molecule has 36 heavy (non-hydrogen) atoms. The van der Waals surface area contributed by atoms with Gasteiger partial charge in [-0.2, -0.15) is 0 Å². The molecule has 0 aliphatic carbocycles. The number of carbonyl (C=O) groups is 1. The Bertz CT molecular complexity index is 1390. The lowest BCUT2D eigenvalue weighted by Crippen LogP contribution is -2.38. The van der Waals surface area contributed by atoms with Crippen LogP contribution in [0.5, 0.6) is 5.75 Å². The zero-order valence-electron chi connectivity index (χ0n) is 20.6. The molecule has 7 heteroatoms. The van der Waals surface area contributed by atoms with Crippen LogP contribution in [0.2, 0.25) is 0 Å². The second-order valence-electron chi connectivity index (χ2n) is 9.31. The van der Waals surface area contributed by atoms with Gasteiger partial charge in [-0.3, -0.25) is 4.90 Å². The quantitative estimate of drug-likeness (QED) is 0.372. The van der Waals surface area contributed by atoms with Gasteiger partial charge < -0.3 is 19.5 Å². The molecule has 0 bridgehead atoms. The van der Waals surface area contributed by atoms with Crippen molar-refractivity contribution in [1.82, 2.24) is 14.4 Å². The number of methoxy groups -OCH3 is 1. The van der Waals surface area contributed by atoms with Crippen molar-refractivity contribution < 1.29 is 9.53 Å². The lowest BCUT2D eigenvalue weighted by Gasteiger charge is -2.32. The molecule has 2 aliphatic rings. The van der Waals surface area contributed by atoms with Crippen LogP contribution in [0.25, 0.3) is 5.00 Å². The van der Waals surface area contributed by atoms with Crippen LogP contribution in [0, 0.1) is 0 Å². The predicted molar refractivity (Wildman–Crippen MR) is 144 cm³/mol. The molecule has 4 aromatic rings. The smallest absolute Gasteiger partial charge is 0.322 e. The van der Waals surface area contributed by atoms with Crippen molar-refractivity contribution in [2.45, 2.75) is 32.5 Å². The molecule has 2 aromatic heterocycles. The van der Waals surface area contributed by atoms with Crippen molar-refractivity contribution in [3.63, 3.8) is 0 Å². The molecule has 0 fully saturated rings. The molecule has 2 aromatic carbocycles. The van der Waals surface area contributed by atoms with Gasteiger partial charge >= 0.3 is 6.03 Å². The highest BCUT2D eigenvalue weighted by Gasteiger charge is 2.36. The Balaban J connectivity index is 1.46. The summed E-state index contributed by atoms with van der Waals surface area (Å²) in [7, 11) is 1.64. The van der Waals surface area contributed by atoms with E-state index in [1.54, 1.807) is 7.11 Å². The first-order valence-corrected chi connectivity index (χ1v) is 13.3. The van der Waals surface area contributed by atoms with Gasteiger partial charge in [0.1, 0.15) is 10.8 Å². The molecule has 6 nitrogen and oxygen atoms in total. The lowest BCUT2D eigenvalue weighted by molar-refractivity contribution is 0.194.